The van der Waals surface area contributed by atoms with Crippen LogP contribution < -0.4 is 5.32 Å². The molecule has 0 saturated heterocycles. The van der Waals surface area contributed by atoms with Crippen molar-refractivity contribution in [1.29, 1.82) is 0 Å². The van der Waals surface area contributed by atoms with E-state index in [9.17, 15) is 4.79 Å². The summed E-state index contributed by atoms with van der Waals surface area (Å²) in [5, 5.41) is 2.66. The molecular weight excluding hydrogens is 334 g/mol. The minimum absolute atomic E-state index is 0. The van der Waals surface area contributed by atoms with Crippen molar-refractivity contribution in [3.8, 4) is 11.4 Å². The molecule has 27 heavy (non-hydrogen) atoms. The van der Waals surface area contributed by atoms with E-state index < -0.39 is 0 Å². The molecule has 0 aliphatic heterocycles. The lowest BCUT2D eigenvalue weighted by Crippen LogP contribution is -2.17. The molecule has 1 N–H and O–H groups in total. The lowest BCUT2D eigenvalue weighted by Gasteiger charge is -2.12. The molecule has 3 rings (SSSR count). The topological polar surface area (TPSA) is 46.9 Å². The fourth-order valence-electron chi connectivity index (χ4n) is 3.27. The predicted molar refractivity (Wildman–Crippen MR) is 115 cm³/mol. The van der Waals surface area contributed by atoms with Crippen LogP contribution in [0.3, 0.4) is 0 Å². The highest BCUT2D eigenvalue weighted by molar-refractivity contribution is 5.98. The van der Waals surface area contributed by atoms with E-state index in [2.05, 4.69) is 42.1 Å². The van der Waals surface area contributed by atoms with Crippen LogP contribution >= 0.6 is 0 Å². The summed E-state index contributed by atoms with van der Waals surface area (Å²) in [4.78, 5) is 16.8. The molecule has 0 saturated carbocycles. The van der Waals surface area contributed by atoms with Crippen molar-refractivity contribution in [3.63, 3.8) is 0 Å². The van der Waals surface area contributed by atoms with Crippen LogP contribution in [0.15, 0.2) is 73.9 Å². The highest BCUT2D eigenvalue weighted by Gasteiger charge is 2.16. The second kappa shape index (κ2) is 7.87. The Morgan fingerprint density at radius 2 is 2.04 bits per heavy atom. The number of carbonyl (C=O) groups excluding carboxylic acids is 1. The third-order valence-electron chi connectivity index (χ3n) is 4.55. The van der Waals surface area contributed by atoms with Gasteiger partial charge in [-0.1, -0.05) is 55.7 Å². The Labute approximate surface area is 161 Å². The fraction of sp³-hybridized carbons (Fsp3) is 0.130. The summed E-state index contributed by atoms with van der Waals surface area (Å²) in [5.41, 5.74) is 5.46. The molecule has 0 aliphatic carbocycles. The van der Waals surface area contributed by atoms with Gasteiger partial charge in [0, 0.05) is 26.1 Å². The lowest BCUT2D eigenvalue weighted by molar-refractivity contribution is 0.0963. The van der Waals surface area contributed by atoms with E-state index in [1.165, 1.54) is 0 Å². The Kier molecular flexibility index (Phi) is 5.36. The van der Waals surface area contributed by atoms with Gasteiger partial charge in [-0.2, -0.15) is 0 Å². The maximum absolute atomic E-state index is 12.0. The Bertz CT molecular complexity index is 1060. The van der Waals surface area contributed by atoms with Crippen molar-refractivity contribution in [2.75, 3.05) is 7.05 Å². The van der Waals surface area contributed by atoms with Gasteiger partial charge in [0.1, 0.15) is 5.82 Å². The quantitative estimate of drug-likeness (QED) is 0.624. The van der Waals surface area contributed by atoms with Crippen molar-refractivity contribution in [2.24, 2.45) is 0 Å². The number of allylic oxidation sites excluding steroid dienone is 4. The van der Waals surface area contributed by atoms with Gasteiger partial charge in [0.2, 0.25) is 0 Å². The first-order valence-corrected chi connectivity index (χ1v) is 8.91. The minimum Gasteiger partial charge on any atom is -0.355 e. The Balaban J connectivity index is 0.00000280. The number of aromatic nitrogens is 2. The van der Waals surface area contributed by atoms with E-state index in [-0.39, 0.29) is 7.33 Å². The molecule has 1 aromatic heterocycles. The molecule has 0 spiro atoms. The third-order valence-corrected chi connectivity index (χ3v) is 4.55. The number of carbonyl (C=O) groups is 1. The number of rotatable bonds is 6. The Morgan fingerprint density at radius 1 is 1.26 bits per heavy atom. The van der Waals surface area contributed by atoms with Crippen LogP contribution in [0.5, 0.6) is 0 Å². The van der Waals surface area contributed by atoms with Gasteiger partial charge < -0.3 is 9.88 Å². The molecule has 0 aliphatic rings. The third kappa shape index (κ3) is 3.34. The molecule has 1 heterocycles. The summed E-state index contributed by atoms with van der Waals surface area (Å²) in [6.07, 6.45) is 5.52. The van der Waals surface area contributed by atoms with E-state index in [4.69, 9.17) is 4.98 Å². The van der Waals surface area contributed by atoms with Gasteiger partial charge in [-0.15, -0.1) is 0 Å². The van der Waals surface area contributed by atoms with Crippen LogP contribution in [0.4, 0.5) is 0 Å². The largest absolute Gasteiger partial charge is 0.355 e. The van der Waals surface area contributed by atoms with Crippen molar-refractivity contribution in [1.82, 2.24) is 14.9 Å². The number of amides is 1. The zero-order valence-corrected chi connectivity index (χ0v) is 15.7. The van der Waals surface area contributed by atoms with Crippen LogP contribution in [-0.2, 0) is 6.54 Å². The second-order valence-corrected chi connectivity index (χ2v) is 6.07. The normalized spacial score (nSPS) is 11.4. The second-order valence-electron chi connectivity index (χ2n) is 6.07. The molecule has 0 unspecified atom stereocenters. The van der Waals surface area contributed by atoms with E-state index in [0.717, 1.165) is 40.1 Å². The summed E-state index contributed by atoms with van der Waals surface area (Å²) in [5.74, 6) is 0.752. The monoisotopic (exact) mass is 359 g/mol. The smallest absolute Gasteiger partial charge is 0.251 e. The number of aryl methyl sites for hydroxylation is 1. The molecule has 3 aromatic rings. The van der Waals surface area contributed by atoms with Gasteiger partial charge in [0.15, 0.2) is 0 Å². The Hall–Kier alpha value is -3.40. The summed E-state index contributed by atoms with van der Waals surface area (Å²) in [6.45, 7) is 10.6. The van der Waals surface area contributed by atoms with E-state index >= 15 is 0 Å². The maximum Gasteiger partial charge on any atom is 0.251 e. The van der Waals surface area contributed by atoms with Gasteiger partial charge >= 0.3 is 0 Å². The van der Waals surface area contributed by atoms with Crippen LogP contribution in [0.1, 0.15) is 24.3 Å². The summed E-state index contributed by atoms with van der Waals surface area (Å²) in [7, 11) is 1.63. The molecule has 4 heteroatoms. The Morgan fingerprint density at radius 3 is 2.70 bits per heavy atom. The number of nitrogens with one attached hydrogen (secondary N) is 1. The molecule has 0 radical (unpaired) electrons. The molecule has 2 aromatic carbocycles. The zero-order chi connectivity index (χ0) is 19.4. The van der Waals surface area contributed by atoms with Crippen LogP contribution in [0.25, 0.3) is 28.0 Å². The molecular formula is C23H25N3O. The van der Waals surface area contributed by atoms with Crippen molar-refractivity contribution in [2.45, 2.75) is 13.5 Å². The van der Waals surface area contributed by atoms with Gasteiger partial charge in [0.05, 0.1) is 11.0 Å². The first-order chi connectivity index (χ1) is 13.1. The number of nitrogens with zero attached hydrogens (tertiary/aromatic N) is 2. The highest BCUT2D eigenvalue weighted by Crippen LogP contribution is 2.32. The van der Waals surface area contributed by atoms with Crippen molar-refractivity contribution in [3.05, 3.63) is 85.0 Å². The van der Waals surface area contributed by atoms with Crippen LogP contribution in [-0.4, -0.2) is 22.5 Å². The summed E-state index contributed by atoms with van der Waals surface area (Å²) < 4.78 is 2.16. The summed E-state index contributed by atoms with van der Waals surface area (Å²) in [6, 6.07) is 13.7. The lowest BCUT2D eigenvalue weighted by atomic mass is 9.98. The van der Waals surface area contributed by atoms with E-state index in [0.29, 0.717) is 5.56 Å². The standard InChI is InChI=1S/C23H23N3O.H2/c1-5-10-16(6-2)18-11-8-9-12-19(18)22-25-20-15-17(23(27)24-4)13-14-21(20)26(22)7-3;/h5-6,8-15H,1-2,7H2,3-4H3,(H,24,27);1H/b16-10+;. The molecule has 0 atom stereocenters. The molecule has 0 bridgehead atoms. The highest BCUT2D eigenvalue weighted by atomic mass is 16.1. The number of imidazole rings is 1. The van der Waals surface area contributed by atoms with Crippen molar-refractivity contribution < 1.29 is 6.22 Å². The molecule has 4 nitrogen and oxygen atoms in total. The van der Waals surface area contributed by atoms with Gasteiger partial charge in [0.25, 0.3) is 5.91 Å². The van der Waals surface area contributed by atoms with Crippen LogP contribution in [0.2, 0.25) is 0 Å². The number of hydrogen-bond acceptors (Lipinski definition) is 2. The number of fused-ring (bicyclic) bond motifs is 1. The first-order valence-electron chi connectivity index (χ1n) is 8.91. The average Bonchev–Trinajstić information content (AvgIpc) is 3.09. The van der Waals surface area contributed by atoms with Gasteiger partial charge in [-0.05, 0) is 36.3 Å². The number of benzene rings is 2. The molecule has 0 fully saturated rings. The van der Waals surface area contributed by atoms with Crippen molar-refractivity contribution >= 4 is 22.5 Å². The first kappa shape index (κ1) is 18.4. The minimum atomic E-state index is -0.118. The van der Waals surface area contributed by atoms with Gasteiger partial charge in [-0.25, -0.2) is 4.98 Å². The van der Waals surface area contributed by atoms with E-state index in [1.54, 1.807) is 13.1 Å². The maximum atomic E-state index is 12.0. The van der Waals surface area contributed by atoms with E-state index in [1.807, 2.05) is 42.5 Å². The fourth-order valence-corrected chi connectivity index (χ4v) is 3.27. The molecule has 1 amide bonds. The SMILES string of the molecule is C=C/C=C(\C=C)c1ccccc1-c1nc2cc(C(=O)NC)ccc2n1CC.[HH]. The van der Waals surface area contributed by atoms with Crippen LogP contribution in [0, 0.1) is 0 Å². The summed E-state index contributed by atoms with van der Waals surface area (Å²) >= 11 is 0. The predicted octanol–water partition coefficient (Wildman–Crippen LogP) is 5.08. The number of hydrogen-bond donors (Lipinski definition) is 1. The average molecular weight is 359 g/mol. The zero-order valence-electron chi connectivity index (χ0n) is 15.7. The molecule has 138 valence electrons. The van der Waals surface area contributed by atoms with Gasteiger partial charge in [-0.3, -0.25) is 4.79 Å².